The molecular formula is C10H13IO2. The van der Waals surface area contributed by atoms with Crippen molar-refractivity contribution in [2.24, 2.45) is 0 Å². The lowest BCUT2D eigenvalue weighted by molar-refractivity contribution is 0.138. The van der Waals surface area contributed by atoms with E-state index in [1.807, 2.05) is 24.3 Å². The quantitative estimate of drug-likeness (QED) is 0.472. The first-order chi connectivity index (χ1) is 6.36. The third-order valence-electron chi connectivity index (χ3n) is 1.65. The lowest BCUT2D eigenvalue weighted by Gasteiger charge is -2.03. The third-order valence-corrected chi connectivity index (χ3v) is 2.09. The zero-order valence-corrected chi connectivity index (χ0v) is 9.78. The number of hydrogen-bond acceptors (Lipinski definition) is 2. The van der Waals surface area contributed by atoms with Crippen molar-refractivity contribution in [2.45, 2.75) is 6.61 Å². The van der Waals surface area contributed by atoms with E-state index in [9.17, 15) is 0 Å². The second-order valence-electron chi connectivity index (χ2n) is 2.59. The summed E-state index contributed by atoms with van der Waals surface area (Å²) < 4.78 is 11.5. The monoisotopic (exact) mass is 292 g/mol. The Morgan fingerprint density at radius 1 is 1.23 bits per heavy atom. The molecule has 13 heavy (non-hydrogen) atoms. The number of alkyl halides is 1. The fourth-order valence-electron chi connectivity index (χ4n) is 0.966. The van der Waals surface area contributed by atoms with E-state index in [-0.39, 0.29) is 0 Å². The second-order valence-corrected chi connectivity index (χ2v) is 3.67. The summed E-state index contributed by atoms with van der Waals surface area (Å²) in [5.74, 6) is 0.887. The van der Waals surface area contributed by atoms with Crippen LogP contribution in [0.15, 0.2) is 24.3 Å². The van der Waals surface area contributed by atoms with E-state index in [0.29, 0.717) is 6.61 Å². The highest BCUT2D eigenvalue weighted by atomic mass is 127. The van der Waals surface area contributed by atoms with Gasteiger partial charge in [-0.1, -0.05) is 34.7 Å². The minimum atomic E-state index is 0.687. The molecule has 0 saturated heterocycles. The maximum absolute atomic E-state index is 5.39. The van der Waals surface area contributed by atoms with Crippen LogP contribution in [0.2, 0.25) is 0 Å². The minimum Gasteiger partial charge on any atom is -0.497 e. The molecule has 0 unspecified atom stereocenters. The van der Waals surface area contributed by atoms with Gasteiger partial charge in [0.1, 0.15) is 5.75 Å². The molecule has 0 radical (unpaired) electrons. The summed E-state index contributed by atoms with van der Waals surface area (Å²) >= 11 is 2.30. The van der Waals surface area contributed by atoms with Gasteiger partial charge in [-0.2, -0.15) is 0 Å². The summed E-state index contributed by atoms with van der Waals surface area (Å²) in [4.78, 5) is 0. The van der Waals surface area contributed by atoms with Gasteiger partial charge in [0.15, 0.2) is 0 Å². The lowest BCUT2D eigenvalue weighted by atomic mass is 10.2. The van der Waals surface area contributed by atoms with E-state index in [1.165, 1.54) is 5.56 Å². The van der Waals surface area contributed by atoms with Crippen molar-refractivity contribution in [1.82, 2.24) is 0 Å². The Morgan fingerprint density at radius 3 is 2.46 bits per heavy atom. The normalized spacial score (nSPS) is 10.0. The molecule has 0 aliphatic heterocycles. The molecule has 1 aromatic carbocycles. The van der Waals surface area contributed by atoms with E-state index in [4.69, 9.17) is 9.47 Å². The van der Waals surface area contributed by atoms with Gasteiger partial charge < -0.3 is 9.47 Å². The SMILES string of the molecule is COc1ccc(COCCI)cc1. The molecule has 0 aliphatic rings. The maximum atomic E-state index is 5.39. The first-order valence-electron chi connectivity index (χ1n) is 4.13. The third kappa shape index (κ3) is 3.95. The van der Waals surface area contributed by atoms with Crippen molar-refractivity contribution in [2.75, 3.05) is 18.1 Å². The highest BCUT2D eigenvalue weighted by molar-refractivity contribution is 14.1. The summed E-state index contributed by atoms with van der Waals surface area (Å²) in [5.41, 5.74) is 1.19. The van der Waals surface area contributed by atoms with Crippen LogP contribution >= 0.6 is 22.6 Å². The molecule has 0 bridgehead atoms. The predicted octanol–water partition coefficient (Wildman–Crippen LogP) is 2.65. The molecule has 72 valence electrons. The molecule has 0 saturated carbocycles. The highest BCUT2D eigenvalue weighted by Crippen LogP contribution is 2.11. The highest BCUT2D eigenvalue weighted by Gasteiger charge is 1.93. The first kappa shape index (κ1) is 10.8. The van der Waals surface area contributed by atoms with Crippen LogP contribution in [0, 0.1) is 0 Å². The molecule has 1 aromatic rings. The standard InChI is InChI=1S/C10H13IO2/c1-12-10-4-2-9(3-5-10)8-13-7-6-11/h2-5H,6-8H2,1H3. The maximum Gasteiger partial charge on any atom is 0.118 e. The molecule has 0 N–H and O–H groups in total. The van der Waals surface area contributed by atoms with Gasteiger partial charge in [-0.3, -0.25) is 0 Å². The molecule has 0 amide bonds. The van der Waals surface area contributed by atoms with Crippen molar-refractivity contribution in [3.05, 3.63) is 29.8 Å². The molecule has 1 rings (SSSR count). The molecule has 0 heterocycles. The van der Waals surface area contributed by atoms with E-state index in [2.05, 4.69) is 22.6 Å². The summed E-state index contributed by atoms with van der Waals surface area (Å²) in [5, 5.41) is 0. The molecule has 0 spiro atoms. The minimum absolute atomic E-state index is 0.687. The van der Waals surface area contributed by atoms with Gasteiger partial charge in [0.05, 0.1) is 20.3 Å². The fraction of sp³-hybridized carbons (Fsp3) is 0.400. The van der Waals surface area contributed by atoms with E-state index in [0.717, 1.165) is 16.8 Å². The van der Waals surface area contributed by atoms with Gasteiger partial charge in [-0.15, -0.1) is 0 Å². The Hall–Kier alpha value is -0.290. The number of methoxy groups -OCH3 is 1. The number of benzene rings is 1. The molecular weight excluding hydrogens is 279 g/mol. The Bertz CT molecular complexity index is 233. The topological polar surface area (TPSA) is 18.5 Å². The largest absolute Gasteiger partial charge is 0.497 e. The zero-order chi connectivity index (χ0) is 9.52. The van der Waals surface area contributed by atoms with Crippen molar-refractivity contribution in [3.63, 3.8) is 0 Å². The molecule has 0 aromatic heterocycles. The summed E-state index contributed by atoms with van der Waals surface area (Å²) in [7, 11) is 1.67. The van der Waals surface area contributed by atoms with Crippen LogP contribution in [0.3, 0.4) is 0 Å². The van der Waals surface area contributed by atoms with Gasteiger partial charge in [-0.25, -0.2) is 0 Å². The van der Waals surface area contributed by atoms with Gasteiger partial charge in [0.25, 0.3) is 0 Å². The Morgan fingerprint density at radius 2 is 1.92 bits per heavy atom. The Kier molecular flexibility index (Phi) is 5.15. The Labute approximate surface area is 92.4 Å². The average molecular weight is 292 g/mol. The summed E-state index contributed by atoms with van der Waals surface area (Å²) in [6, 6.07) is 7.93. The van der Waals surface area contributed by atoms with Crippen LogP contribution in [0.5, 0.6) is 5.75 Å². The van der Waals surface area contributed by atoms with Gasteiger partial charge in [-0.05, 0) is 17.7 Å². The smallest absolute Gasteiger partial charge is 0.118 e. The van der Waals surface area contributed by atoms with Crippen LogP contribution in [-0.4, -0.2) is 18.1 Å². The van der Waals surface area contributed by atoms with Gasteiger partial charge in [0.2, 0.25) is 0 Å². The fourth-order valence-corrected chi connectivity index (χ4v) is 1.28. The van der Waals surface area contributed by atoms with Gasteiger partial charge >= 0.3 is 0 Å². The van der Waals surface area contributed by atoms with Crippen LogP contribution in [0.1, 0.15) is 5.56 Å². The summed E-state index contributed by atoms with van der Waals surface area (Å²) in [6.45, 7) is 1.50. The average Bonchev–Trinajstić information content (AvgIpc) is 2.19. The van der Waals surface area contributed by atoms with Crippen molar-refractivity contribution >= 4 is 22.6 Å². The van der Waals surface area contributed by atoms with Crippen molar-refractivity contribution < 1.29 is 9.47 Å². The van der Waals surface area contributed by atoms with Crippen LogP contribution in [0.4, 0.5) is 0 Å². The van der Waals surface area contributed by atoms with Crippen molar-refractivity contribution in [1.29, 1.82) is 0 Å². The van der Waals surface area contributed by atoms with E-state index in [1.54, 1.807) is 7.11 Å². The molecule has 0 fully saturated rings. The van der Waals surface area contributed by atoms with Crippen LogP contribution < -0.4 is 4.74 Å². The van der Waals surface area contributed by atoms with Crippen LogP contribution in [0.25, 0.3) is 0 Å². The molecule has 0 aliphatic carbocycles. The number of ether oxygens (including phenoxy) is 2. The molecule has 2 nitrogen and oxygen atoms in total. The number of hydrogen-bond donors (Lipinski definition) is 0. The lowest BCUT2D eigenvalue weighted by Crippen LogP contribution is -1.95. The predicted molar refractivity (Wildman–Crippen MR) is 61.5 cm³/mol. The van der Waals surface area contributed by atoms with Crippen LogP contribution in [-0.2, 0) is 11.3 Å². The van der Waals surface area contributed by atoms with E-state index >= 15 is 0 Å². The molecule has 0 atom stereocenters. The van der Waals surface area contributed by atoms with E-state index < -0.39 is 0 Å². The first-order valence-corrected chi connectivity index (χ1v) is 5.66. The Balaban J connectivity index is 2.40. The number of rotatable bonds is 5. The van der Waals surface area contributed by atoms with Gasteiger partial charge in [0, 0.05) is 4.43 Å². The van der Waals surface area contributed by atoms with Crippen molar-refractivity contribution in [3.8, 4) is 5.75 Å². The zero-order valence-electron chi connectivity index (χ0n) is 7.63. The second kappa shape index (κ2) is 6.21. The summed E-state index contributed by atoms with van der Waals surface area (Å²) in [6.07, 6.45) is 0. The number of halogens is 1. The molecule has 3 heteroatoms.